The molecule has 0 unspecified atom stereocenters. The van der Waals surface area contributed by atoms with E-state index in [1.165, 1.54) is 16.5 Å². The minimum atomic E-state index is 0.678. The lowest BCUT2D eigenvalue weighted by Crippen LogP contribution is -1.96. The van der Waals surface area contributed by atoms with Crippen molar-refractivity contribution in [2.24, 2.45) is 0 Å². The highest BCUT2D eigenvalue weighted by molar-refractivity contribution is 6.27. The van der Waals surface area contributed by atoms with Crippen molar-refractivity contribution in [2.45, 2.75) is 0 Å². The molecule has 0 atom stereocenters. The van der Waals surface area contributed by atoms with E-state index in [-0.39, 0.29) is 0 Å². The molecule has 294 valence electrons. The van der Waals surface area contributed by atoms with Crippen LogP contribution in [0.5, 0.6) is 0 Å². The third-order valence-corrected chi connectivity index (χ3v) is 12.1. The number of benzene rings is 9. The van der Waals surface area contributed by atoms with E-state index >= 15 is 0 Å². The fourth-order valence-corrected chi connectivity index (χ4v) is 9.03. The molecule has 0 saturated carbocycles. The quantitative estimate of drug-likeness (QED) is 0.151. The molecule has 3 aromatic heterocycles. The highest BCUT2D eigenvalue weighted by Crippen LogP contribution is 2.46. The van der Waals surface area contributed by atoms with Crippen molar-refractivity contribution in [3.8, 4) is 78.5 Å². The Morgan fingerprint density at radius 1 is 0.286 bits per heavy atom. The Hall–Kier alpha value is -8.47. The summed E-state index contributed by atoms with van der Waals surface area (Å²) in [7, 11) is 0. The third kappa shape index (κ3) is 6.53. The van der Waals surface area contributed by atoms with Gasteiger partial charge in [-0.3, -0.25) is 0 Å². The van der Waals surface area contributed by atoms with Gasteiger partial charge in [-0.25, -0.2) is 15.0 Å². The lowest BCUT2D eigenvalue weighted by atomic mass is 9.89. The van der Waals surface area contributed by atoms with Gasteiger partial charge in [0.2, 0.25) is 0 Å². The van der Waals surface area contributed by atoms with Crippen molar-refractivity contribution >= 4 is 43.6 Å². The summed E-state index contributed by atoms with van der Waals surface area (Å²) in [4.78, 5) is 15.6. The predicted molar refractivity (Wildman–Crippen MR) is 260 cm³/mol. The highest BCUT2D eigenvalue weighted by Gasteiger charge is 2.22. The minimum absolute atomic E-state index is 0.678. The lowest BCUT2D eigenvalue weighted by molar-refractivity contribution is 0.669. The Morgan fingerprint density at radius 2 is 0.794 bits per heavy atom. The van der Waals surface area contributed by atoms with Gasteiger partial charge in [0.1, 0.15) is 11.2 Å². The summed E-state index contributed by atoms with van der Waals surface area (Å²) < 4.78 is 6.61. The molecule has 0 N–H and O–H groups in total. The van der Waals surface area contributed by atoms with Crippen LogP contribution in [0.2, 0.25) is 0 Å². The van der Waals surface area contributed by atoms with Gasteiger partial charge >= 0.3 is 0 Å². The standard InChI is InChI=1S/C59H37N3O/c1-4-15-38(16-5-1)39-27-31-42(32-28-39)52-37-51(41-17-6-2-7-18-41)61-59(62-52)44-33-29-40(30-34-44)45-21-14-22-46(35-45)58-49-36-54-57(48-24-11-13-26-53(48)63-54)55(43-19-8-3-9-20-43)56(49)47-23-10-12-25-50(47)60-58/h1-37H. The van der Waals surface area contributed by atoms with Crippen molar-refractivity contribution in [3.05, 3.63) is 224 Å². The zero-order chi connectivity index (χ0) is 41.7. The van der Waals surface area contributed by atoms with Crippen LogP contribution in [0.15, 0.2) is 229 Å². The van der Waals surface area contributed by atoms with Crippen LogP contribution in [0, 0.1) is 0 Å². The summed E-state index contributed by atoms with van der Waals surface area (Å²) in [6.07, 6.45) is 0. The van der Waals surface area contributed by atoms with Crippen LogP contribution in [0.4, 0.5) is 0 Å². The zero-order valence-electron chi connectivity index (χ0n) is 34.1. The predicted octanol–water partition coefficient (Wildman–Crippen LogP) is 15.7. The Morgan fingerprint density at radius 3 is 1.51 bits per heavy atom. The number of hydrogen-bond acceptors (Lipinski definition) is 4. The Bertz CT molecular complexity index is 3640. The first-order valence-corrected chi connectivity index (χ1v) is 21.3. The number of fused-ring (bicyclic) bond motifs is 6. The van der Waals surface area contributed by atoms with Crippen molar-refractivity contribution < 1.29 is 4.42 Å². The number of para-hydroxylation sites is 2. The number of aromatic nitrogens is 3. The second-order valence-electron chi connectivity index (χ2n) is 15.9. The van der Waals surface area contributed by atoms with Gasteiger partial charge in [-0.05, 0) is 58.1 Å². The molecule has 12 aromatic rings. The Labute approximate surface area is 364 Å². The molecule has 0 spiro atoms. The fraction of sp³-hybridized carbons (Fsp3) is 0. The first kappa shape index (κ1) is 36.4. The molecule has 3 heterocycles. The maximum atomic E-state index is 6.61. The van der Waals surface area contributed by atoms with Gasteiger partial charge in [-0.2, -0.15) is 0 Å². The smallest absolute Gasteiger partial charge is 0.160 e. The van der Waals surface area contributed by atoms with E-state index in [2.05, 4.69) is 194 Å². The van der Waals surface area contributed by atoms with Crippen molar-refractivity contribution in [3.63, 3.8) is 0 Å². The fourth-order valence-electron chi connectivity index (χ4n) is 9.03. The normalized spacial score (nSPS) is 11.5. The monoisotopic (exact) mass is 803 g/mol. The van der Waals surface area contributed by atoms with E-state index in [9.17, 15) is 0 Å². The van der Waals surface area contributed by atoms with Crippen molar-refractivity contribution in [2.75, 3.05) is 0 Å². The topological polar surface area (TPSA) is 51.8 Å². The molecule has 0 radical (unpaired) electrons. The summed E-state index contributed by atoms with van der Waals surface area (Å²) in [6.45, 7) is 0. The van der Waals surface area contributed by atoms with Crippen molar-refractivity contribution in [1.29, 1.82) is 0 Å². The molecule has 0 saturated heterocycles. The van der Waals surface area contributed by atoms with Crippen LogP contribution in [0.1, 0.15) is 0 Å². The van der Waals surface area contributed by atoms with Crippen LogP contribution in [-0.4, -0.2) is 15.0 Å². The Balaban J connectivity index is 0.964. The SMILES string of the molecule is c1ccc(-c2ccc(-c3cc(-c4ccccc4)nc(-c4ccc(-c5cccc(-c6nc7ccccc7c7c(-c8ccccc8)c8c(cc67)oc6ccccc68)c5)cc4)n3)cc2)cc1. The van der Waals surface area contributed by atoms with Gasteiger partial charge in [0, 0.05) is 54.7 Å². The highest BCUT2D eigenvalue weighted by atomic mass is 16.3. The number of pyridine rings is 1. The Kier molecular flexibility index (Phi) is 8.79. The van der Waals surface area contributed by atoms with E-state index < -0.39 is 0 Å². The first-order valence-electron chi connectivity index (χ1n) is 21.3. The third-order valence-electron chi connectivity index (χ3n) is 12.1. The van der Waals surface area contributed by atoms with Crippen LogP contribution < -0.4 is 0 Å². The molecule has 9 aromatic carbocycles. The van der Waals surface area contributed by atoms with E-state index in [1.54, 1.807) is 0 Å². The second kappa shape index (κ2) is 15.2. The molecule has 0 fully saturated rings. The average Bonchev–Trinajstić information content (AvgIpc) is 3.74. The number of furan rings is 1. The maximum absolute atomic E-state index is 6.61. The molecule has 4 nitrogen and oxygen atoms in total. The average molecular weight is 804 g/mol. The van der Waals surface area contributed by atoms with Gasteiger partial charge in [-0.1, -0.05) is 194 Å². The molecule has 4 heteroatoms. The molecule has 0 aliphatic carbocycles. The van der Waals surface area contributed by atoms with Crippen LogP contribution in [0.25, 0.3) is 122 Å². The van der Waals surface area contributed by atoms with Crippen molar-refractivity contribution in [1.82, 2.24) is 15.0 Å². The minimum Gasteiger partial charge on any atom is -0.456 e. The molecule has 63 heavy (non-hydrogen) atoms. The first-order chi connectivity index (χ1) is 31.2. The summed E-state index contributed by atoms with van der Waals surface area (Å²) in [6, 6.07) is 78.5. The number of rotatable bonds is 7. The van der Waals surface area contributed by atoms with Gasteiger partial charge < -0.3 is 4.42 Å². The largest absolute Gasteiger partial charge is 0.456 e. The summed E-state index contributed by atoms with van der Waals surface area (Å²) in [5.41, 5.74) is 16.2. The van der Waals surface area contributed by atoms with Crippen LogP contribution in [-0.2, 0) is 0 Å². The molecular weight excluding hydrogens is 767 g/mol. The van der Waals surface area contributed by atoms with Gasteiger partial charge in [0.15, 0.2) is 5.82 Å². The molecule has 12 rings (SSSR count). The van der Waals surface area contributed by atoms with Gasteiger partial charge in [0.25, 0.3) is 0 Å². The van der Waals surface area contributed by atoms with E-state index in [1.807, 2.05) is 30.3 Å². The lowest BCUT2D eigenvalue weighted by Gasteiger charge is -2.16. The van der Waals surface area contributed by atoms with E-state index in [0.717, 1.165) is 99.8 Å². The molecule has 0 aliphatic heterocycles. The summed E-state index contributed by atoms with van der Waals surface area (Å²) in [5, 5.41) is 5.55. The van der Waals surface area contributed by atoms with Gasteiger partial charge in [-0.15, -0.1) is 0 Å². The summed E-state index contributed by atoms with van der Waals surface area (Å²) >= 11 is 0. The van der Waals surface area contributed by atoms with Crippen LogP contribution >= 0.6 is 0 Å². The summed E-state index contributed by atoms with van der Waals surface area (Å²) in [5.74, 6) is 0.678. The van der Waals surface area contributed by atoms with E-state index in [4.69, 9.17) is 19.4 Å². The molecule has 0 aliphatic rings. The number of hydrogen-bond donors (Lipinski definition) is 0. The second-order valence-corrected chi connectivity index (χ2v) is 15.9. The molecule has 0 bridgehead atoms. The van der Waals surface area contributed by atoms with E-state index in [0.29, 0.717) is 5.82 Å². The maximum Gasteiger partial charge on any atom is 0.160 e. The van der Waals surface area contributed by atoms with Gasteiger partial charge in [0.05, 0.1) is 22.6 Å². The zero-order valence-corrected chi connectivity index (χ0v) is 34.1. The van der Waals surface area contributed by atoms with Crippen LogP contribution in [0.3, 0.4) is 0 Å². The number of nitrogens with zero attached hydrogens (tertiary/aromatic N) is 3. The molecular formula is C59H37N3O. The molecule has 0 amide bonds.